The fourth-order valence-electron chi connectivity index (χ4n) is 2.42. The van der Waals surface area contributed by atoms with Gasteiger partial charge in [0.1, 0.15) is 19.0 Å². The summed E-state index contributed by atoms with van der Waals surface area (Å²) in [5.74, 6) is -1.21. The fourth-order valence-corrected chi connectivity index (χ4v) is 4.24. The molecule has 114 valence electrons. The van der Waals surface area contributed by atoms with E-state index in [9.17, 15) is 13.2 Å². The predicted octanol–water partition coefficient (Wildman–Crippen LogP) is 0.784. The lowest BCUT2D eigenvalue weighted by atomic mass is 10.2. The fraction of sp³-hybridized carbons (Fsp3) is 0.417. The number of halogens is 1. The number of rotatable bonds is 3. The number of benzene rings is 1. The minimum atomic E-state index is -3.75. The molecule has 0 unspecified atom stereocenters. The molecular weight excluding hydrogens is 322 g/mol. The minimum absolute atomic E-state index is 0.0440. The van der Waals surface area contributed by atoms with Gasteiger partial charge in [-0.2, -0.15) is 4.31 Å². The summed E-state index contributed by atoms with van der Waals surface area (Å²) in [6, 6.07) is 3.57. The van der Waals surface area contributed by atoms with Gasteiger partial charge in [-0.15, -0.1) is 0 Å². The van der Waals surface area contributed by atoms with Gasteiger partial charge in [0.25, 0.3) is 0 Å². The topological polar surface area (TPSA) is 93.1 Å². The van der Waals surface area contributed by atoms with Gasteiger partial charge in [-0.05, 0) is 18.2 Å². The van der Waals surface area contributed by atoms with Crippen molar-refractivity contribution in [2.45, 2.75) is 17.1 Å². The van der Waals surface area contributed by atoms with Crippen LogP contribution in [0.3, 0.4) is 0 Å². The molecule has 7 nitrogen and oxygen atoms in total. The highest BCUT2D eigenvalue weighted by Gasteiger charge is 2.43. The molecule has 2 aliphatic rings. The lowest BCUT2D eigenvalue weighted by Crippen LogP contribution is -2.31. The van der Waals surface area contributed by atoms with E-state index in [-0.39, 0.29) is 47.6 Å². The zero-order valence-corrected chi connectivity index (χ0v) is 12.3. The molecule has 2 saturated heterocycles. The van der Waals surface area contributed by atoms with Gasteiger partial charge >= 0.3 is 5.97 Å². The highest BCUT2D eigenvalue weighted by Crippen LogP contribution is 2.29. The molecule has 0 spiro atoms. The number of carbonyl (C=O) groups is 1. The van der Waals surface area contributed by atoms with E-state index in [0.717, 1.165) is 6.07 Å². The first-order valence-corrected chi connectivity index (χ1v) is 7.97. The van der Waals surface area contributed by atoms with E-state index in [2.05, 4.69) is 0 Å². The maximum atomic E-state index is 12.5. The molecule has 21 heavy (non-hydrogen) atoms. The number of hydrogen-bond donors (Lipinski definition) is 1. The third-order valence-electron chi connectivity index (χ3n) is 3.55. The molecule has 0 aliphatic carbocycles. The Morgan fingerprint density at radius 3 is 2.43 bits per heavy atom. The van der Waals surface area contributed by atoms with Gasteiger partial charge in [-0.1, -0.05) is 11.6 Å². The van der Waals surface area contributed by atoms with E-state index in [1.54, 1.807) is 0 Å². The number of fused-ring (bicyclic) bond motifs is 1. The number of nitrogens with zero attached hydrogens (tertiary/aromatic N) is 1. The molecule has 0 amide bonds. The van der Waals surface area contributed by atoms with E-state index >= 15 is 0 Å². The van der Waals surface area contributed by atoms with Crippen molar-refractivity contribution in [3.05, 3.63) is 28.8 Å². The van der Waals surface area contributed by atoms with Crippen molar-refractivity contribution in [3.8, 4) is 0 Å². The zero-order valence-electron chi connectivity index (χ0n) is 10.7. The summed E-state index contributed by atoms with van der Waals surface area (Å²) in [7, 11) is -3.75. The molecule has 0 saturated carbocycles. The Morgan fingerprint density at radius 2 is 1.90 bits per heavy atom. The van der Waals surface area contributed by atoms with Crippen LogP contribution < -0.4 is 0 Å². The summed E-state index contributed by atoms with van der Waals surface area (Å²) in [5.41, 5.74) is -0.138. The first-order valence-electron chi connectivity index (χ1n) is 6.16. The van der Waals surface area contributed by atoms with Crippen LogP contribution in [-0.2, 0) is 19.5 Å². The Hall–Kier alpha value is -1.19. The Bertz CT molecular complexity index is 679. The summed E-state index contributed by atoms with van der Waals surface area (Å²) in [5, 5.41) is 8.79. The van der Waals surface area contributed by atoms with Crippen molar-refractivity contribution in [2.75, 3.05) is 19.9 Å². The van der Waals surface area contributed by atoms with E-state index in [4.69, 9.17) is 26.2 Å². The second kappa shape index (κ2) is 5.22. The molecular formula is C12H12ClNO6S. The quantitative estimate of drug-likeness (QED) is 0.878. The minimum Gasteiger partial charge on any atom is -0.478 e. The molecule has 0 radical (unpaired) electrons. The highest BCUT2D eigenvalue weighted by molar-refractivity contribution is 7.89. The van der Waals surface area contributed by atoms with E-state index in [1.165, 1.54) is 16.4 Å². The van der Waals surface area contributed by atoms with Crippen LogP contribution in [0, 0.1) is 0 Å². The van der Waals surface area contributed by atoms with Crippen LogP contribution in [0.1, 0.15) is 10.4 Å². The molecule has 9 heteroatoms. The summed E-state index contributed by atoms with van der Waals surface area (Å²) in [4.78, 5) is 10.9. The van der Waals surface area contributed by atoms with Crippen molar-refractivity contribution in [3.63, 3.8) is 0 Å². The second-order valence-electron chi connectivity index (χ2n) is 4.80. The van der Waals surface area contributed by atoms with Crippen molar-refractivity contribution >= 4 is 27.6 Å². The summed E-state index contributed by atoms with van der Waals surface area (Å²) >= 11 is 5.82. The van der Waals surface area contributed by atoms with Gasteiger partial charge in [0, 0.05) is 13.1 Å². The third-order valence-corrected chi connectivity index (χ3v) is 5.70. The molecule has 2 heterocycles. The van der Waals surface area contributed by atoms with Crippen LogP contribution in [0.25, 0.3) is 0 Å². The molecule has 1 aromatic carbocycles. The SMILES string of the molecule is O=C(O)c1ccc(S(=O)(=O)N2C[C@@H]3OCO[C@@H]3C2)cc1Cl. The maximum absolute atomic E-state index is 12.5. The lowest BCUT2D eigenvalue weighted by Gasteiger charge is -2.17. The van der Waals surface area contributed by atoms with Crippen LogP contribution in [0.4, 0.5) is 0 Å². The van der Waals surface area contributed by atoms with Gasteiger partial charge < -0.3 is 14.6 Å². The van der Waals surface area contributed by atoms with Crippen LogP contribution >= 0.6 is 11.6 Å². The van der Waals surface area contributed by atoms with Gasteiger partial charge in [-0.25, -0.2) is 13.2 Å². The van der Waals surface area contributed by atoms with Gasteiger partial charge in [0.2, 0.25) is 10.0 Å². The molecule has 0 aromatic heterocycles. The summed E-state index contributed by atoms with van der Waals surface area (Å²) < 4.78 is 36.8. The van der Waals surface area contributed by atoms with Gasteiger partial charge in [0.05, 0.1) is 15.5 Å². The van der Waals surface area contributed by atoms with Crippen LogP contribution in [0.2, 0.25) is 5.02 Å². The number of ether oxygens (including phenoxy) is 2. The van der Waals surface area contributed by atoms with Crippen molar-refractivity contribution in [1.29, 1.82) is 0 Å². The normalized spacial score (nSPS) is 26.0. The van der Waals surface area contributed by atoms with Crippen LogP contribution in [0.15, 0.2) is 23.1 Å². The second-order valence-corrected chi connectivity index (χ2v) is 7.14. The van der Waals surface area contributed by atoms with Gasteiger partial charge in [-0.3, -0.25) is 0 Å². The van der Waals surface area contributed by atoms with Crippen LogP contribution in [-0.4, -0.2) is 55.9 Å². The number of carboxylic acid groups (broad SMARTS) is 1. The Balaban J connectivity index is 1.89. The lowest BCUT2D eigenvalue weighted by molar-refractivity contribution is 0.0244. The van der Waals surface area contributed by atoms with E-state index in [0.29, 0.717) is 0 Å². The molecule has 0 bridgehead atoms. The zero-order chi connectivity index (χ0) is 15.2. The molecule has 1 N–H and O–H groups in total. The standard InChI is InChI=1S/C12H12ClNO6S/c13-9-3-7(1-2-8(9)12(15)16)21(17,18)14-4-10-11(5-14)20-6-19-10/h1-3,10-11H,4-6H2,(H,15,16)/t10-,11+. The summed E-state index contributed by atoms with van der Waals surface area (Å²) in [6.07, 6.45) is -0.512. The van der Waals surface area contributed by atoms with Crippen LogP contribution in [0.5, 0.6) is 0 Å². The van der Waals surface area contributed by atoms with Gasteiger partial charge in [0.15, 0.2) is 0 Å². The average molecular weight is 334 g/mol. The summed E-state index contributed by atoms with van der Waals surface area (Å²) in [6.45, 7) is 0.610. The van der Waals surface area contributed by atoms with E-state index < -0.39 is 16.0 Å². The molecule has 1 aromatic rings. The maximum Gasteiger partial charge on any atom is 0.337 e. The number of sulfonamides is 1. The molecule has 2 fully saturated rings. The first-order chi connectivity index (χ1) is 9.89. The Kier molecular flexibility index (Phi) is 3.66. The third kappa shape index (κ3) is 2.53. The molecule has 2 aliphatic heterocycles. The largest absolute Gasteiger partial charge is 0.478 e. The Morgan fingerprint density at radius 1 is 1.29 bits per heavy atom. The van der Waals surface area contributed by atoms with Crippen molar-refractivity contribution < 1.29 is 27.8 Å². The first kappa shape index (κ1) is 14.7. The van der Waals surface area contributed by atoms with E-state index in [1.807, 2.05) is 0 Å². The monoisotopic (exact) mass is 333 g/mol. The Labute approximate surface area is 126 Å². The molecule has 3 rings (SSSR count). The average Bonchev–Trinajstić information content (AvgIpc) is 2.98. The van der Waals surface area contributed by atoms with Crippen molar-refractivity contribution in [1.82, 2.24) is 4.31 Å². The number of aromatic carboxylic acids is 1. The molecule has 2 atom stereocenters. The predicted molar refractivity (Wildman–Crippen MR) is 71.8 cm³/mol. The smallest absolute Gasteiger partial charge is 0.337 e. The van der Waals surface area contributed by atoms with Crippen molar-refractivity contribution in [2.24, 2.45) is 0 Å². The number of hydrogen-bond acceptors (Lipinski definition) is 5. The highest BCUT2D eigenvalue weighted by atomic mass is 35.5. The number of carboxylic acids is 1.